The molecule has 13 heteroatoms. The maximum atomic E-state index is 12.6. The van der Waals surface area contributed by atoms with Gasteiger partial charge in [-0.3, -0.25) is 9.05 Å². The smallest absolute Gasteiger partial charge is 0.463 e. The Labute approximate surface area is 220 Å². The lowest BCUT2D eigenvalue weighted by atomic mass is 10.1. The van der Waals surface area contributed by atoms with Gasteiger partial charge in [-0.2, -0.15) is 4.31 Å². The minimum atomic E-state index is -5.06. The summed E-state index contributed by atoms with van der Waals surface area (Å²) in [5, 5.41) is 0. The number of ether oxygens (including phenoxy) is 2. The zero-order valence-electron chi connectivity index (χ0n) is 22.1. The molecular weight excluding hydrogens is 526 g/mol. The molecule has 0 bridgehead atoms. The number of esters is 2. The Balaban J connectivity index is 3.96. The highest BCUT2D eigenvalue weighted by atomic mass is 31.3. The maximum Gasteiger partial charge on any atom is 0.483 e. The fraction of sp³-hybridized carbons (Fsp3) is 0.750. The summed E-state index contributed by atoms with van der Waals surface area (Å²) in [6.07, 6.45) is 15.5. The molecule has 0 fully saturated rings. The van der Waals surface area contributed by atoms with E-state index in [1.165, 1.54) is 12.2 Å². The van der Waals surface area contributed by atoms with Crippen LogP contribution in [0.1, 0.15) is 90.9 Å². The van der Waals surface area contributed by atoms with Gasteiger partial charge >= 0.3 is 27.6 Å². The predicted octanol–water partition coefficient (Wildman–Crippen LogP) is 6.16. The number of hydrogen-bond acceptors (Lipinski definition) is 9. The van der Waals surface area contributed by atoms with Crippen LogP contribution in [0.2, 0.25) is 0 Å². The van der Waals surface area contributed by atoms with Crippen LogP contribution in [0.15, 0.2) is 24.3 Å². The number of hydrogen-bond donors (Lipinski definition) is 2. The van der Waals surface area contributed by atoms with Gasteiger partial charge in [0, 0.05) is 12.2 Å². The summed E-state index contributed by atoms with van der Waals surface area (Å²) >= 11 is 0. The lowest BCUT2D eigenvalue weighted by Gasteiger charge is -2.18. The molecule has 0 saturated heterocycles. The minimum Gasteiger partial charge on any atom is -0.463 e. The van der Waals surface area contributed by atoms with Crippen molar-refractivity contribution in [1.82, 2.24) is 0 Å². The topological polar surface area (TPSA) is 155 Å². The van der Waals surface area contributed by atoms with Gasteiger partial charge in [0.05, 0.1) is 26.4 Å². The molecule has 0 aliphatic heterocycles. The Morgan fingerprint density at radius 3 is 1.24 bits per heavy atom. The van der Waals surface area contributed by atoms with Crippen LogP contribution in [0.3, 0.4) is 0 Å². The van der Waals surface area contributed by atoms with Crippen LogP contribution in [-0.4, -0.2) is 48.2 Å². The molecule has 0 saturated carbocycles. The first kappa shape index (κ1) is 35.7. The number of unbranched alkanes of at least 4 members (excludes halogenated alkanes) is 10. The van der Waals surface area contributed by atoms with E-state index < -0.39 is 15.6 Å². The SMILES string of the molecule is CC=CC(=O)OCCCCCCCCOP(=O)(OCCCCCCCCOC(=O)C=CC)OP(=O)(O)O. The van der Waals surface area contributed by atoms with Gasteiger partial charge in [-0.15, -0.1) is 0 Å². The van der Waals surface area contributed by atoms with E-state index in [1.54, 1.807) is 26.0 Å². The molecule has 0 aliphatic rings. The van der Waals surface area contributed by atoms with Crippen LogP contribution in [0.4, 0.5) is 0 Å². The molecule has 216 valence electrons. The van der Waals surface area contributed by atoms with Crippen LogP contribution in [0, 0.1) is 0 Å². The molecule has 0 rings (SSSR count). The Bertz CT molecular complexity index is 714. The summed E-state index contributed by atoms with van der Waals surface area (Å²) in [4.78, 5) is 40.5. The summed E-state index contributed by atoms with van der Waals surface area (Å²) in [6, 6.07) is 0. The zero-order valence-corrected chi connectivity index (χ0v) is 23.9. The molecule has 0 aromatic carbocycles. The lowest BCUT2D eigenvalue weighted by molar-refractivity contribution is -0.138. The van der Waals surface area contributed by atoms with Crippen LogP contribution in [-0.2, 0) is 41.6 Å². The van der Waals surface area contributed by atoms with Gasteiger partial charge < -0.3 is 19.3 Å². The zero-order chi connectivity index (χ0) is 27.8. The Kier molecular flexibility index (Phi) is 21.8. The molecule has 0 amide bonds. The van der Waals surface area contributed by atoms with Gasteiger partial charge in [0.1, 0.15) is 0 Å². The van der Waals surface area contributed by atoms with E-state index in [2.05, 4.69) is 4.31 Å². The highest BCUT2D eigenvalue weighted by Gasteiger charge is 2.35. The van der Waals surface area contributed by atoms with E-state index in [9.17, 15) is 18.7 Å². The van der Waals surface area contributed by atoms with Crippen molar-refractivity contribution >= 4 is 27.6 Å². The van der Waals surface area contributed by atoms with Crippen LogP contribution >= 0.6 is 15.6 Å². The minimum absolute atomic E-state index is 0.0170. The van der Waals surface area contributed by atoms with Crippen molar-refractivity contribution in [3.63, 3.8) is 0 Å². The fourth-order valence-electron chi connectivity index (χ4n) is 3.10. The first-order chi connectivity index (χ1) is 17.6. The Hall–Kier alpha value is -1.32. The van der Waals surface area contributed by atoms with Crippen LogP contribution < -0.4 is 0 Å². The number of phosphoric ester groups is 1. The molecule has 37 heavy (non-hydrogen) atoms. The van der Waals surface area contributed by atoms with Gasteiger partial charge in [-0.25, -0.2) is 18.7 Å². The van der Waals surface area contributed by atoms with E-state index in [1.807, 2.05) is 0 Å². The molecule has 0 atom stereocenters. The van der Waals surface area contributed by atoms with Crippen molar-refractivity contribution in [2.45, 2.75) is 90.9 Å². The number of phosphoric acid groups is 2. The highest BCUT2D eigenvalue weighted by molar-refractivity contribution is 7.61. The molecular formula is C24H44O11P2. The van der Waals surface area contributed by atoms with Gasteiger partial charge in [0.15, 0.2) is 0 Å². The normalized spacial score (nSPS) is 13.7. The second-order valence-corrected chi connectivity index (χ2v) is 11.3. The molecule has 0 aromatic rings. The first-order valence-electron chi connectivity index (χ1n) is 12.9. The summed E-state index contributed by atoms with van der Waals surface area (Å²) < 4.78 is 48.4. The van der Waals surface area contributed by atoms with E-state index in [4.69, 9.17) is 28.3 Å². The van der Waals surface area contributed by atoms with Gasteiger partial charge in [-0.1, -0.05) is 63.5 Å². The molecule has 2 N–H and O–H groups in total. The van der Waals surface area contributed by atoms with Crippen molar-refractivity contribution in [3.8, 4) is 0 Å². The van der Waals surface area contributed by atoms with Crippen LogP contribution in [0.5, 0.6) is 0 Å². The van der Waals surface area contributed by atoms with Crippen molar-refractivity contribution < 1.29 is 51.3 Å². The standard InChI is InChI=1S/C24H44O11P2/c1-3-17-23(25)31-19-13-9-5-7-11-15-21-33-37(30,35-36(27,28)29)34-22-16-12-8-6-10-14-20-32-24(26)18-4-2/h3-4,17-18H,5-16,19-22H2,1-2H3,(H2,27,28,29). The molecule has 0 heterocycles. The van der Waals surface area contributed by atoms with Crippen molar-refractivity contribution in [2.75, 3.05) is 26.4 Å². The average Bonchev–Trinajstić information content (AvgIpc) is 2.80. The van der Waals surface area contributed by atoms with Gasteiger partial charge in [0.25, 0.3) is 0 Å². The quantitative estimate of drug-likeness (QED) is 0.0593. The Morgan fingerprint density at radius 1 is 0.595 bits per heavy atom. The number of carbonyl (C=O) groups excluding carboxylic acids is 2. The second-order valence-electron chi connectivity index (χ2n) is 8.26. The molecule has 11 nitrogen and oxygen atoms in total. The van der Waals surface area contributed by atoms with E-state index in [0.717, 1.165) is 64.2 Å². The highest BCUT2D eigenvalue weighted by Crippen LogP contribution is 2.61. The van der Waals surface area contributed by atoms with Crippen molar-refractivity contribution in [3.05, 3.63) is 24.3 Å². The maximum absolute atomic E-state index is 12.6. The number of rotatable bonds is 24. The summed E-state index contributed by atoms with van der Waals surface area (Å²) in [6.45, 7) is 4.21. The molecule has 0 aliphatic carbocycles. The van der Waals surface area contributed by atoms with Crippen molar-refractivity contribution in [2.24, 2.45) is 0 Å². The molecule has 0 aromatic heterocycles. The molecule has 0 radical (unpaired) electrons. The van der Waals surface area contributed by atoms with E-state index in [-0.39, 0.29) is 25.2 Å². The van der Waals surface area contributed by atoms with E-state index in [0.29, 0.717) is 26.1 Å². The largest absolute Gasteiger partial charge is 0.483 e. The van der Waals surface area contributed by atoms with Gasteiger partial charge in [0.2, 0.25) is 0 Å². The molecule has 0 unspecified atom stereocenters. The lowest BCUT2D eigenvalue weighted by Crippen LogP contribution is -2.03. The predicted molar refractivity (Wildman–Crippen MR) is 140 cm³/mol. The summed E-state index contributed by atoms with van der Waals surface area (Å²) in [5.41, 5.74) is 0. The summed E-state index contributed by atoms with van der Waals surface area (Å²) in [5.74, 6) is -0.693. The molecule has 0 spiro atoms. The first-order valence-corrected chi connectivity index (χ1v) is 15.9. The third kappa shape index (κ3) is 24.8. The fourth-order valence-corrected chi connectivity index (χ4v) is 5.30. The van der Waals surface area contributed by atoms with Crippen molar-refractivity contribution in [1.29, 1.82) is 0 Å². The number of allylic oxidation sites excluding steroid dienone is 2. The van der Waals surface area contributed by atoms with E-state index >= 15 is 0 Å². The van der Waals surface area contributed by atoms with Gasteiger partial charge in [-0.05, 0) is 39.5 Å². The third-order valence-corrected chi connectivity index (χ3v) is 7.53. The third-order valence-electron chi connectivity index (χ3n) is 4.88. The van der Waals surface area contributed by atoms with Crippen LogP contribution in [0.25, 0.3) is 0 Å². The number of carbonyl (C=O) groups is 2. The Morgan fingerprint density at radius 2 is 0.919 bits per heavy atom. The summed E-state index contributed by atoms with van der Waals surface area (Å²) in [7, 11) is -9.44. The average molecular weight is 571 g/mol. The second kappa shape index (κ2) is 22.6. The monoisotopic (exact) mass is 570 g/mol.